The number of non-ortho nitro benzene ring substituents is 1. The minimum absolute atomic E-state index is 0.0405. The number of rotatable bonds is 4. The first kappa shape index (κ1) is 19.1. The number of hydrogen-bond donors (Lipinski definition) is 0. The summed E-state index contributed by atoms with van der Waals surface area (Å²) in [6.07, 6.45) is 0.205. The van der Waals surface area contributed by atoms with Gasteiger partial charge in [0.25, 0.3) is 11.6 Å². The van der Waals surface area contributed by atoms with Crippen molar-refractivity contribution >= 4 is 46.5 Å². The van der Waals surface area contributed by atoms with Gasteiger partial charge in [-0.25, -0.2) is 9.69 Å². The standard InChI is InChI=1S/C18H15Cl2N3O4/c1-18(10-11-3-5-14(6-4-11)23(26)27)16(24)22(17(25)21(18)2)15-8-12(19)7-13(20)9-15/h3-9H,10H2,1-2H3/t18-/m1/s1. The van der Waals surface area contributed by atoms with E-state index in [2.05, 4.69) is 0 Å². The fourth-order valence-electron chi connectivity index (χ4n) is 3.06. The lowest BCUT2D eigenvalue weighted by Crippen LogP contribution is -2.47. The van der Waals surface area contributed by atoms with Gasteiger partial charge in [-0.2, -0.15) is 0 Å². The Hall–Kier alpha value is -2.64. The van der Waals surface area contributed by atoms with Crippen molar-refractivity contribution in [2.45, 2.75) is 18.9 Å². The lowest BCUT2D eigenvalue weighted by atomic mass is 9.91. The molecule has 2 aromatic carbocycles. The van der Waals surface area contributed by atoms with Gasteiger partial charge in [0, 0.05) is 35.6 Å². The van der Waals surface area contributed by atoms with Crippen molar-refractivity contribution in [1.82, 2.24) is 4.90 Å². The van der Waals surface area contributed by atoms with E-state index in [1.54, 1.807) is 19.1 Å². The number of urea groups is 1. The van der Waals surface area contributed by atoms with Gasteiger partial charge < -0.3 is 4.90 Å². The number of imide groups is 1. The molecule has 140 valence electrons. The van der Waals surface area contributed by atoms with Crippen LogP contribution in [0.5, 0.6) is 0 Å². The summed E-state index contributed by atoms with van der Waals surface area (Å²) in [6, 6.07) is 9.90. The molecule has 3 amide bonds. The van der Waals surface area contributed by atoms with Crippen molar-refractivity contribution in [2.24, 2.45) is 0 Å². The average molecular weight is 408 g/mol. The number of anilines is 1. The molecule has 1 heterocycles. The lowest BCUT2D eigenvalue weighted by Gasteiger charge is -2.28. The van der Waals surface area contributed by atoms with E-state index in [-0.39, 0.29) is 12.1 Å². The van der Waals surface area contributed by atoms with E-state index in [4.69, 9.17) is 23.2 Å². The Balaban J connectivity index is 1.94. The van der Waals surface area contributed by atoms with Crippen LogP contribution in [0.2, 0.25) is 10.0 Å². The molecule has 7 nitrogen and oxygen atoms in total. The topological polar surface area (TPSA) is 83.8 Å². The number of amides is 3. The second-order valence-corrected chi connectivity index (χ2v) is 7.36. The molecule has 27 heavy (non-hydrogen) atoms. The molecule has 0 aromatic heterocycles. The number of likely N-dealkylation sites (N-methyl/N-ethyl adjacent to an activating group) is 1. The SMILES string of the molecule is CN1C(=O)N(c2cc(Cl)cc(Cl)c2)C(=O)[C@@]1(C)Cc1ccc([N+](=O)[O-])cc1. The maximum absolute atomic E-state index is 13.1. The number of hydrogen-bond acceptors (Lipinski definition) is 4. The first-order valence-electron chi connectivity index (χ1n) is 7.95. The average Bonchev–Trinajstić information content (AvgIpc) is 2.75. The molecule has 1 atom stereocenters. The van der Waals surface area contributed by atoms with Crippen molar-refractivity contribution < 1.29 is 14.5 Å². The van der Waals surface area contributed by atoms with Crippen LogP contribution in [0.15, 0.2) is 42.5 Å². The molecule has 0 saturated carbocycles. The molecule has 9 heteroatoms. The number of carbonyl (C=O) groups excluding carboxylic acids is 2. The number of nitro groups is 1. The second-order valence-electron chi connectivity index (χ2n) is 6.48. The third-order valence-corrected chi connectivity index (χ3v) is 5.12. The molecule has 0 N–H and O–H groups in total. The molecule has 0 spiro atoms. The fourth-order valence-corrected chi connectivity index (χ4v) is 3.57. The first-order chi connectivity index (χ1) is 12.6. The first-order valence-corrected chi connectivity index (χ1v) is 8.71. The van der Waals surface area contributed by atoms with Crippen molar-refractivity contribution in [3.05, 3.63) is 68.2 Å². The van der Waals surface area contributed by atoms with Gasteiger partial charge in [-0.05, 0) is 30.7 Å². The van der Waals surface area contributed by atoms with Crippen molar-refractivity contribution in [3.8, 4) is 0 Å². The van der Waals surface area contributed by atoms with Crippen LogP contribution < -0.4 is 4.90 Å². The van der Waals surface area contributed by atoms with Crippen molar-refractivity contribution in [3.63, 3.8) is 0 Å². The van der Waals surface area contributed by atoms with E-state index in [0.717, 1.165) is 4.90 Å². The highest BCUT2D eigenvalue weighted by Crippen LogP contribution is 2.36. The Morgan fingerprint density at radius 2 is 1.63 bits per heavy atom. The Labute approximate surface area is 165 Å². The number of carbonyl (C=O) groups is 2. The van der Waals surface area contributed by atoms with E-state index in [1.165, 1.54) is 42.3 Å². The molecule has 1 aliphatic rings. The molecule has 0 aliphatic carbocycles. The van der Waals surface area contributed by atoms with E-state index in [9.17, 15) is 19.7 Å². The van der Waals surface area contributed by atoms with Crippen LogP contribution >= 0.6 is 23.2 Å². The van der Waals surface area contributed by atoms with Gasteiger partial charge >= 0.3 is 6.03 Å². The van der Waals surface area contributed by atoms with Gasteiger partial charge in [0.2, 0.25) is 0 Å². The molecule has 1 aliphatic heterocycles. The molecule has 0 unspecified atom stereocenters. The monoisotopic (exact) mass is 407 g/mol. The maximum Gasteiger partial charge on any atom is 0.332 e. The third kappa shape index (κ3) is 3.36. The van der Waals surface area contributed by atoms with Crippen LogP contribution in [0.3, 0.4) is 0 Å². The summed E-state index contributed by atoms with van der Waals surface area (Å²) in [7, 11) is 1.54. The quantitative estimate of drug-likeness (QED) is 0.429. The Kier molecular flexibility index (Phi) is 4.84. The van der Waals surface area contributed by atoms with E-state index >= 15 is 0 Å². The van der Waals surface area contributed by atoms with Gasteiger partial charge in [0.1, 0.15) is 5.54 Å². The van der Waals surface area contributed by atoms with Crippen LogP contribution in [0.4, 0.5) is 16.2 Å². The Morgan fingerprint density at radius 1 is 1.07 bits per heavy atom. The van der Waals surface area contributed by atoms with Crippen LogP contribution in [0, 0.1) is 10.1 Å². The van der Waals surface area contributed by atoms with E-state index in [1.807, 2.05) is 0 Å². The van der Waals surface area contributed by atoms with Crippen LogP contribution in [0.1, 0.15) is 12.5 Å². The van der Waals surface area contributed by atoms with Gasteiger partial charge in [0.05, 0.1) is 10.6 Å². The zero-order chi connectivity index (χ0) is 19.9. The van der Waals surface area contributed by atoms with Crippen molar-refractivity contribution in [2.75, 3.05) is 11.9 Å². The summed E-state index contributed by atoms with van der Waals surface area (Å²) in [5, 5.41) is 11.4. The van der Waals surface area contributed by atoms with E-state index in [0.29, 0.717) is 21.3 Å². The lowest BCUT2D eigenvalue weighted by molar-refractivity contribution is -0.384. The molecule has 1 saturated heterocycles. The fraction of sp³-hybridized carbons (Fsp3) is 0.222. The Morgan fingerprint density at radius 3 is 2.15 bits per heavy atom. The highest BCUT2D eigenvalue weighted by Gasteiger charge is 2.53. The smallest absolute Gasteiger partial charge is 0.312 e. The number of nitro benzene ring substituents is 1. The van der Waals surface area contributed by atoms with Crippen LogP contribution in [-0.4, -0.2) is 34.3 Å². The molecule has 2 aromatic rings. The highest BCUT2D eigenvalue weighted by atomic mass is 35.5. The maximum atomic E-state index is 13.1. The second kappa shape index (κ2) is 6.83. The van der Waals surface area contributed by atoms with Gasteiger partial charge in [-0.15, -0.1) is 0 Å². The molecule has 0 radical (unpaired) electrons. The predicted octanol–water partition coefficient (Wildman–Crippen LogP) is 4.30. The largest absolute Gasteiger partial charge is 0.332 e. The summed E-state index contributed by atoms with van der Waals surface area (Å²) in [6.45, 7) is 1.65. The van der Waals surface area contributed by atoms with Gasteiger partial charge in [0.15, 0.2) is 0 Å². The summed E-state index contributed by atoms with van der Waals surface area (Å²) >= 11 is 12.0. The molecular formula is C18H15Cl2N3O4. The van der Waals surface area contributed by atoms with Crippen LogP contribution in [0.25, 0.3) is 0 Å². The zero-order valence-electron chi connectivity index (χ0n) is 14.5. The van der Waals surface area contributed by atoms with Gasteiger partial charge in [-0.3, -0.25) is 14.9 Å². The summed E-state index contributed by atoms with van der Waals surface area (Å²) in [5.41, 5.74) is -0.202. The van der Waals surface area contributed by atoms with Gasteiger partial charge in [-0.1, -0.05) is 35.3 Å². The zero-order valence-corrected chi connectivity index (χ0v) is 16.0. The normalized spacial score (nSPS) is 19.7. The Bertz CT molecular complexity index is 928. The molecular weight excluding hydrogens is 393 g/mol. The number of benzene rings is 2. The number of halogens is 2. The molecule has 0 bridgehead atoms. The van der Waals surface area contributed by atoms with Crippen molar-refractivity contribution in [1.29, 1.82) is 0 Å². The summed E-state index contributed by atoms with van der Waals surface area (Å²) < 4.78 is 0. The van der Waals surface area contributed by atoms with Crippen LogP contribution in [-0.2, 0) is 11.2 Å². The molecule has 3 rings (SSSR count). The minimum atomic E-state index is -1.15. The predicted molar refractivity (Wildman–Crippen MR) is 102 cm³/mol. The summed E-state index contributed by atoms with van der Waals surface area (Å²) in [4.78, 5) is 38.6. The number of nitrogens with zero attached hydrogens (tertiary/aromatic N) is 3. The van der Waals surface area contributed by atoms with E-state index < -0.39 is 22.4 Å². The third-order valence-electron chi connectivity index (χ3n) is 4.68. The summed E-state index contributed by atoms with van der Waals surface area (Å²) in [5.74, 6) is -0.424. The highest BCUT2D eigenvalue weighted by molar-refractivity contribution is 6.35. The minimum Gasteiger partial charge on any atom is -0.312 e. The molecule has 1 fully saturated rings.